The van der Waals surface area contributed by atoms with Crippen molar-refractivity contribution in [2.24, 2.45) is 11.5 Å². The van der Waals surface area contributed by atoms with Gasteiger partial charge in [0.1, 0.15) is 6.61 Å². The third-order valence-corrected chi connectivity index (χ3v) is 2.30. The van der Waals surface area contributed by atoms with Crippen LogP contribution in [0.3, 0.4) is 0 Å². The van der Waals surface area contributed by atoms with E-state index in [2.05, 4.69) is 5.32 Å². The van der Waals surface area contributed by atoms with E-state index in [1.807, 2.05) is 30.3 Å². The Hall–Kier alpha value is -1.01. The van der Waals surface area contributed by atoms with E-state index in [9.17, 15) is 4.79 Å². The fraction of sp³-hybridized carbons (Fsp3) is 0.417. The van der Waals surface area contributed by atoms with Crippen LogP contribution in [0, 0.1) is 0 Å². The summed E-state index contributed by atoms with van der Waals surface area (Å²) >= 11 is 0. The standard InChI is InChI=1S/C12H19N3O2.2ClH/c13-8-11(14)6-7-15-12(16)17-9-10-4-2-1-3-5-10;;/h1-5,11H,6-9,13-14H2,(H,15,16);2*1H/t11-;;/m0../s1. The van der Waals surface area contributed by atoms with Crippen LogP contribution in [0.4, 0.5) is 4.79 Å². The molecule has 1 aromatic carbocycles. The fourth-order valence-corrected chi connectivity index (χ4v) is 1.25. The van der Waals surface area contributed by atoms with E-state index in [4.69, 9.17) is 16.2 Å². The molecule has 0 spiro atoms. The summed E-state index contributed by atoms with van der Waals surface area (Å²) in [5.74, 6) is 0. The van der Waals surface area contributed by atoms with Crippen molar-refractivity contribution < 1.29 is 9.53 Å². The van der Waals surface area contributed by atoms with Crippen LogP contribution in [0.2, 0.25) is 0 Å². The molecule has 110 valence electrons. The van der Waals surface area contributed by atoms with E-state index in [-0.39, 0.29) is 37.5 Å². The number of nitrogens with one attached hydrogen (secondary N) is 1. The number of halogens is 2. The third-order valence-electron chi connectivity index (χ3n) is 2.30. The molecule has 0 aliphatic heterocycles. The van der Waals surface area contributed by atoms with E-state index in [1.54, 1.807) is 0 Å². The molecular weight excluding hydrogens is 289 g/mol. The lowest BCUT2D eigenvalue weighted by atomic mass is 10.2. The molecule has 5 N–H and O–H groups in total. The van der Waals surface area contributed by atoms with Crippen molar-refractivity contribution in [2.45, 2.75) is 19.1 Å². The first-order valence-electron chi connectivity index (χ1n) is 5.62. The number of nitrogens with two attached hydrogens (primary N) is 2. The molecular formula is C12H21Cl2N3O2. The number of hydrogen-bond acceptors (Lipinski definition) is 4. The van der Waals surface area contributed by atoms with E-state index in [1.165, 1.54) is 0 Å². The van der Waals surface area contributed by atoms with Crippen molar-refractivity contribution in [1.29, 1.82) is 0 Å². The second-order valence-corrected chi connectivity index (χ2v) is 3.77. The van der Waals surface area contributed by atoms with Crippen LogP contribution >= 0.6 is 24.8 Å². The van der Waals surface area contributed by atoms with Gasteiger partial charge in [-0.1, -0.05) is 30.3 Å². The van der Waals surface area contributed by atoms with E-state index < -0.39 is 6.09 Å². The Kier molecular flexibility index (Phi) is 12.9. The Morgan fingerprint density at radius 3 is 2.47 bits per heavy atom. The molecule has 0 aromatic heterocycles. The maximum atomic E-state index is 11.3. The quantitative estimate of drug-likeness (QED) is 0.741. The lowest BCUT2D eigenvalue weighted by Gasteiger charge is -2.10. The highest BCUT2D eigenvalue weighted by Gasteiger charge is 2.03. The van der Waals surface area contributed by atoms with Crippen molar-refractivity contribution >= 4 is 30.9 Å². The lowest BCUT2D eigenvalue weighted by molar-refractivity contribution is 0.139. The summed E-state index contributed by atoms with van der Waals surface area (Å²) in [6.45, 7) is 1.17. The molecule has 0 saturated heterocycles. The first-order chi connectivity index (χ1) is 8.22. The minimum absolute atomic E-state index is 0. The third kappa shape index (κ3) is 9.55. The van der Waals surface area contributed by atoms with Crippen LogP contribution in [0.15, 0.2) is 30.3 Å². The topological polar surface area (TPSA) is 90.4 Å². The zero-order valence-corrected chi connectivity index (χ0v) is 12.2. The van der Waals surface area contributed by atoms with E-state index in [0.29, 0.717) is 19.5 Å². The summed E-state index contributed by atoms with van der Waals surface area (Å²) in [7, 11) is 0. The van der Waals surface area contributed by atoms with Gasteiger partial charge in [-0.3, -0.25) is 0 Å². The number of amides is 1. The Bertz CT molecular complexity index is 339. The van der Waals surface area contributed by atoms with Gasteiger partial charge in [0.05, 0.1) is 0 Å². The molecule has 1 amide bonds. The van der Waals surface area contributed by atoms with Gasteiger partial charge >= 0.3 is 6.09 Å². The van der Waals surface area contributed by atoms with Crippen LogP contribution in [-0.4, -0.2) is 25.2 Å². The average Bonchev–Trinajstić information content (AvgIpc) is 2.37. The second-order valence-electron chi connectivity index (χ2n) is 3.77. The molecule has 0 bridgehead atoms. The molecule has 1 aromatic rings. The van der Waals surface area contributed by atoms with E-state index in [0.717, 1.165) is 5.56 Å². The number of carbonyl (C=O) groups is 1. The van der Waals surface area contributed by atoms with Gasteiger partial charge in [0.2, 0.25) is 0 Å². The van der Waals surface area contributed by atoms with Gasteiger partial charge in [-0.25, -0.2) is 4.79 Å². The number of benzene rings is 1. The van der Waals surface area contributed by atoms with Gasteiger partial charge in [0, 0.05) is 19.1 Å². The molecule has 0 aliphatic carbocycles. The molecule has 0 unspecified atom stereocenters. The predicted molar refractivity (Wildman–Crippen MR) is 80.8 cm³/mol. The molecule has 19 heavy (non-hydrogen) atoms. The maximum Gasteiger partial charge on any atom is 0.407 e. The molecule has 7 heteroatoms. The Morgan fingerprint density at radius 2 is 1.89 bits per heavy atom. The Labute approximate surface area is 125 Å². The highest BCUT2D eigenvalue weighted by Crippen LogP contribution is 2.00. The van der Waals surface area contributed by atoms with Crippen molar-refractivity contribution in [3.05, 3.63) is 35.9 Å². The van der Waals surface area contributed by atoms with Gasteiger partial charge in [-0.2, -0.15) is 0 Å². The van der Waals surface area contributed by atoms with Gasteiger partial charge in [0.25, 0.3) is 0 Å². The van der Waals surface area contributed by atoms with Gasteiger partial charge in [0.15, 0.2) is 0 Å². The predicted octanol–water partition coefficient (Wildman–Crippen LogP) is 1.43. The summed E-state index contributed by atoms with van der Waals surface area (Å²) < 4.78 is 5.02. The highest BCUT2D eigenvalue weighted by molar-refractivity contribution is 5.85. The minimum Gasteiger partial charge on any atom is -0.445 e. The first kappa shape index (κ1) is 20.3. The van der Waals surface area contributed by atoms with Gasteiger partial charge in [-0.05, 0) is 12.0 Å². The number of hydrogen-bond donors (Lipinski definition) is 3. The number of carbonyl (C=O) groups excluding carboxylic acids is 1. The van der Waals surface area contributed by atoms with Crippen molar-refractivity contribution in [1.82, 2.24) is 5.32 Å². The largest absolute Gasteiger partial charge is 0.445 e. The molecule has 0 aliphatic rings. The first-order valence-corrected chi connectivity index (χ1v) is 5.62. The molecule has 0 fully saturated rings. The number of rotatable bonds is 6. The van der Waals surface area contributed by atoms with Gasteiger partial charge < -0.3 is 21.5 Å². The lowest BCUT2D eigenvalue weighted by Crippen LogP contribution is -2.35. The second kappa shape index (κ2) is 12.0. The molecule has 0 radical (unpaired) electrons. The minimum atomic E-state index is -0.432. The van der Waals surface area contributed by atoms with Crippen LogP contribution < -0.4 is 16.8 Å². The maximum absolute atomic E-state index is 11.3. The number of ether oxygens (including phenoxy) is 1. The zero-order chi connectivity index (χ0) is 12.5. The smallest absolute Gasteiger partial charge is 0.407 e. The fourth-order valence-electron chi connectivity index (χ4n) is 1.25. The zero-order valence-electron chi connectivity index (χ0n) is 10.6. The van der Waals surface area contributed by atoms with Crippen molar-refractivity contribution in [3.8, 4) is 0 Å². The average molecular weight is 310 g/mol. The molecule has 5 nitrogen and oxygen atoms in total. The highest BCUT2D eigenvalue weighted by atomic mass is 35.5. The van der Waals surface area contributed by atoms with E-state index >= 15 is 0 Å². The Balaban J connectivity index is 0. The number of alkyl carbamates (subject to hydrolysis) is 1. The Morgan fingerprint density at radius 1 is 1.26 bits per heavy atom. The van der Waals surface area contributed by atoms with Crippen LogP contribution in [0.5, 0.6) is 0 Å². The summed E-state index contributed by atoms with van der Waals surface area (Å²) in [5, 5.41) is 2.62. The monoisotopic (exact) mass is 309 g/mol. The SMILES string of the molecule is Cl.Cl.NC[C@@H](N)CCNC(=O)OCc1ccccc1. The summed E-state index contributed by atoms with van der Waals surface area (Å²) in [5.41, 5.74) is 11.9. The summed E-state index contributed by atoms with van der Waals surface area (Å²) in [6.07, 6.45) is 0.217. The normalized spacial score (nSPS) is 10.6. The summed E-state index contributed by atoms with van der Waals surface area (Å²) in [6, 6.07) is 9.44. The van der Waals surface area contributed by atoms with Gasteiger partial charge in [-0.15, -0.1) is 24.8 Å². The van der Waals surface area contributed by atoms with Crippen LogP contribution in [-0.2, 0) is 11.3 Å². The van der Waals surface area contributed by atoms with Crippen LogP contribution in [0.1, 0.15) is 12.0 Å². The molecule has 0 saturated carbocycles. The molecule has 0 heterocycles. The summed E-state index contributed by atoms with van der Waals surface area (Å²) in [4.78, 5) is 11.3. The van der Waals surface area contributed by atoms with Crippen LogP contribution in [0.25, 0.3) is 0 Å². The van der Waals surface area contributed by atoms with Crippen molar-refractivity contribution in [3.63, 3.8) is 0 Å². The van der Waals surface area contributed by atoms with Crippen molar-refractivity contribution in [2.75, 3.05) is 13.1 Å². The molecule has 1 rings (SSSR count). The molecule has 1 atom stereocenters.